The molecule has 2 rings (SSSR count). The van der Waals surface area contributed by atoms with Crippen LogP contribution in [0.5, 0.6) is 0 Å². The summed E-state index contributed by atoms with van der Waals surface area (Å²) in [5, 5.41) is 0. The summed E-state index contributed by atoms with van der Waals surface area (Å²) in [6.07, 6.45) is 1.26. The minimum absolute atomic E-state index is 0.203. The predicted octanol–water partition coefficient (Wildman–Crippen LogP) is 0.632. The molecule has 2 aliphatic rings. The van der Waals surface area contributed by atoms with E-state index in [0.29, 0.717) is 25.5 Å². The van der Waals surface area contributed by atoms with Gasteiger partial charge in [-0.15, -0.1) is 0 Å². The zero-order valence-corrected chi connectivity index (χ0v) is 10.2. The van der Waals surface area contributed by atoms with Crippen LogP contribution in [0, 0.1) is 0 Å². The van der Waals surface area contributed by atoms with E-state index in [-0.39, 0.29) is 5.75 Å². The van der Waals surface area contributed by atoms with Crippen molar-refractivity contribution in [2.24, 2.45) is 0 Å². The second-order valence-corrected chi connectivity index (χ2v) is 7.09. The van der Waals surface area contributed by atoms with Gasteiger partial charge in [-0.3, -0.25) is 0 Å². The highest BCUT2D eigenvalue weighted by molar-refractivity contribution is 7.92. The minimum Gasteiger partial charge on any atom is -0.358 e. The summed E-state index contributed by atoms with van der Waals surface area (Å²) in [6.45, 7) is 6.32. The summed E-state index contributed by atoms with van der Waals surface area (Å²) in [7, 11) is -3.01. The van der Waals surface area contributed by atoms with Gasteiger partial charge in [0.25, 0.3) is 0 Å². The number of hydrogen-bond donors (Lipinski definition) is 0. The quantitative estimate of drug-likeness (QED) is 0.666. The maximum absolute atomic E-state index is 11.9. The molecule has 0 aromatic carbocycles. The second-order valence-electron chi connectivity index (χ2n) is 4.71. The van der Waals surface area contributed by atoms with Crippen LogP contribution in [0.3, 0.4) is 0 Å². The number of nitrogens with zero attached hydrogens (tertiary/aromatic N) is 1. The van der Waals surface area contributed by atoms with Crippen molar-refractivity contribution in [1.29, 1.82) is 0 Å². The molecule has 0 aliphatic carbocycles. The number of likely N-dealkylation sites (tertiary alicyclic amines) is 1. The van der Waals surface area contributed by atoms with Crippen LogP contribution in [0.1, 0.15) is 26.7 Å². The molecule has 2 aliphatic heterocycles. The van der Waals surface area contributed by atoms with Gasteiger partial charge in [0.05, 0.1) is 12.4 Å². The van der Waals surface area contributed by atoms with Crippen LogP contribution in [-0.4, -0.2) is 49.7 Å². The van der Waals surface area contributed by atoms with Crippen molar-refractivity contribution in [3.05, 3.63) is 0 Å². The summed E-state index contributed by atoms with van der Waals surface area (Å²) >= 11 is 0. The van der Waals surface area contributed by atoms with Crippen LogP contribution in [0.4, 0.5) is 0 Å². The Morgan fingerprint density at radius 2 is 1.87 bits per heavy atom. The van der Waals surface area contributed by atoms with Crippen LogP contribution in [0.15, 0.2) is 0 Å². The lowest BCUT2D eigenvalue weighted by Crippen LogP contribution is -2.49. The molecule has 0 bridgehead atoms. The lowest BCUT2D eigenvalue weighted by molar-refractivity contribution is -0.00909. The molecule has 2 heterocycles. The third-order valence-electron chi connectivity index (χ3n) is 3.57. The maximum Gasteiger partial charge on any atom is 0.182 e. The Morgan fingerprint density at radius 3 is 2.27 bits per heavy atom. The van der Waals surface area contributed by atoms with Crippen molar-refractivity contribution in [3.8, 4) is 0 Å². The van der Waals surface area contributed by atoms with Gasteiger partial charge in [-0.05, 0) is 13.8 Å². The molecule has 0 atom stereocenters. The fourth-order valence-corrected chi connectivity index (χ4v) is 4.19. The first-order valence-electron chi connectivity index (χ1n) is 5.57. The fourth-order valence-electron chi connectivity index (χ4n) is 2.45. The van der Waals surface area contributed by atoms with Gasteiger partial charge in [0.15, 0.2) is 14.8 Å². The van der Waals surface area contributed by atoms with Crippen molar-refractivity contribution < 1.29 is 13.2 Å². The zero-order chi connectivity index (χ0) is 11.1. The SMILES string of the molecule is CC(C)N1CCC2(CC1)OCCS2(=O)=O. The van der Waals surface area contributed by atoms with Gasteiger partial charge in [0.2, 0.25) is 0 Å². The second kappa shape index (κ2) is 3.71. The van der Waals surface area contributed by atoms with Gasteiger partial charge in [-0.1, -0.05) is 0 Å². The van der Waals surface area contributed by atoms with Crippen LogP contribution in [0.25, 0.3) is 0 Å². The molecule has 4 nitrogen and oxygen atoms in total. The lowest BCUT2D eigenvalue weighted by Gasteiger charge is -2.39. The zero-order valence-electron chi connectivity index (χ0n) is 9.40. The van der Waals surface area contributed by atoms with Gasteiger partial charge in [-0.2, -0.15) is 0 Å². The Morgan fingerprint density at radius 1 is 1.27 bits per heavy atom. The molecule has 0 amide bonds. The molecule has 0 N–H and O–H groups in total. The molecule has 0 aromatic heterocycles. The molecule has 1 spiro atoms. The van der Waals surface area contributed by atoms with E-state index in [1.807, 2.05) is 0 Å². The molecule has 0 saturated carbocycles. The lowest BCUT2D eigenvalue weighted by atomic mass is 10.1. The highest BCUT2D eigenvalue weighted by Gasteiger charge is 2.50. The molecule has 0 unspecified atom stereocenters. The van der Waals surface area contributed by atoms with Gasteiger partial charge in [-0.25, -0.2) is 8.42 Å². The van der Waals surface area contributed by atoms with Gasteiger partial charge < -0.3 is 9.64 Å². The van der Waals surface area contributed by atoms with Crippen molar-refractivity contribution in [3.63, 3.8) is 0 Å². The van der Waals surface area contributed by atoms with E-state index in [1.165, 1.54) is 0 Å². The average molecular weight is 233 g/mol. The number of piperidine rings is 1. The average Bonchev–Trinajstić information content (AvgIpc) is 2.43. The largest absolute Gasteiger partial charge is 0.358 e. The monoisotopic (exact) mass is 233 g/mol. The third kappa shape index (κ3) is 1.81. The van der Waals surface area contributed by atoms with Crippen molar-refractivity contribution >= 4 is 9.84 Å². The topological polar surface area (TPSA) is 46.6 Å². The van der Waals surface area contributed by atoms with E-state index in [9.17, 15) is 8.42 Å². The summed E-state index contributed by atoms with van der Waals surface area (Å²) in [4.78, 5) is 1.47. The van der Waals surface area contributed by atoms with Crippen molar-refractivity contribution in [1.82, 2.24) is 4.90 Å². The predicted molar refractivity (Wildman–Crippen MR) is 58.4 cm³/mol. The molecule has 15 heavy (non-hydrogen) atoms. The molecular formula is C10H19NO3S. The van der Waals surface area contributed by atoms with E-state index in [0.717, 1.165) is 13.1 Å². The summed E-state index contributed by atoms with van der Waals surface area (Å²) in [5.41, 5.74) is 0. The fraction of sp³-hybridized carbons (Fsp3) is 1.00. The van der Waals surface area contributed by atoms with Crippen LogP contribution >= 0.6 is 0 Å². The van der Waals surface area contributed by atoms with Crippen LogP contribution < -0.4 is 0 Å². The Hall–Kier alpha value is -0.130. The number of hydrogen-bond acceptors (Lipinski definition) is 4. The third-order valence-corrected chi connectivity index (χ3v) is 5.94. The van der Waals surface area contributed by atoms with E-state index in [4.69, 9.17) is 4.74 Å². The Balaban J connectivity index is 2.10. The van der Waals surface area contributed by atoms with E-state index in [2.05, 4.69) is 18.7 Å². The number of ether oxygens (including phenoxy) is 1. The summed E-state index contributed by atoms with van der Waals surface area (Å²) in [6, 6.07) is 0.492. The molecule has 5 heteroatoms. The van der Waals surface area contributed by atoms with Crippen molar-refractivity contribution in [2.45, 2.75) is 37.7 Å². The Kier molecular flexibility index (Phi) is 2.81. The van der Waals surface area contributed by atoms with E-state index in [1.54, 1.807) is 0 Å². The molecule has 88 valence electrons. The highest BCUT2D eigenvalue weighted by atomic mass is 32.2. The Bertz CT molecular complexity index is 329. The highest BCUT2D eigenvalue weighted by Crippen LogP contribution is 2.36. The molecule has 2 fully saturated rings. The smallest absolute Gasteiger partial charge is 0.182 e. The normalized spacial score (nSPS) is 30.1. The first-order valence-corrected chi connectivity index (χ1v) is 7.22. The molecule has 0 aromatic rings. The first kappa shape index (κ1) is 11.4. The standard InChI is InChI=1S/C10H19NO3S/c1-9(2)11-5-3-10(4-6-11)14-7-8-15(10,12)13/h9H,3-8H2,1-2H3. The first-order chi connectivity index (χ1) is 6.97. The number of rotatable bonds is 1. The van der Waals surface area contributed by atoms with Crippen LogP contribution in [0.2, 0.25) is 0 Å². The van der Waals surface area contributed by atoms with Gasteiger partial charge >= 0.3 is 0 Å². The van der Waals surface area contributed by atoms with E-state index >= 15 is 0 Å². The summed E-state index contributed by atoms with van der Waals surface area (Å²) < 4.78 is 29.3. The number of sulfone groups is 1. The molecule has 0 radical (unpaired) electrons. The van der Waals surface area contributed by atoms with Crippen LogP contribution in [-0.2, 0) is 14.6 Å². The minimum atomic E-state index is -3.01. The maximum atomic E-state index is 11.9. The van der Waals surface area contributed by atoms with Gasteiger partial charge in [0.1, 0.15) is 0 Å². The molecule has 2 saturated heterocycles. The van der Waals surface area contributed by atoms with Crippen molar-refractivity contribution in [2.75, 3.05) is 25.4 Å². The van der Waals surface area contributed by atoms with E-state index < -0.39 is 14.8 Å². The summed E-state index contributed by atoms with van der Waals surface area (Å²) in [5.74, 6) is 0.203. The Labute approximate surface area is 91.5 Å². The van der Waals surface area contributed by atoms with Gasteiger partial charge in [0, 0.05) is 32.0 Å². The molecular weight excluding hydrogens is 214 g/mol.